The molecule has 1 aromatic rings. The first-order chi connectivity index (χ1) is 8.65. The Morgan fingerprint density at radius 3 is 2.39 bits per heavy atom. The van der Waals surface area contributed by atoms with E-state index in [1.54, 1.807) is 31.4 Å². The molecule has 0 heterocycles. The molecule has 0 saturated heterocycles. The fourth-order valence-corrected chi connectivity index (χ4v) is 1.22. The molecule has 0 atom stereocenters. The van der Waals surface area contributed by atoms with Crippen LogP contribution in [-0.4, -0.2) is 32.6 Å². The molecule has 98 valence electrons. The summed E-state index contributed by atoms with van der Waals surface area (Å²) >= 11 is 0. The Morgan fingerprint density at radius 1 is 1.17 bits per heavy atom. The Kier molecular flexibility index (Phi) is 5.66. The van der Waals surface area contributed by atoms with Crippen LogP contribution < -0.4 is 15.5 Å². The Morgan fingerprint density at radius 2 is 1.83 bits per heavy atom. The standard InChI is InChI=1S/C12H16N2O4/c1-13-12(16)8-18-14-11(15)7-9-3-5-10(17-2)6-4-9/h3-6H,7-8H2,1-2H3,(H,13,16)(H,14,15). The molecule has 1 rings (SSSR count). The van der Waals surface area contributed by atoms with Gasteiger partial charge in [-0.25, -0.2) is 5.48 Å². The summed E-state index contributed by atoms with van der Waals surface area (Å²) < 4.78 is 5.01. The molecular formula is C12H16N2O4. The number of hydrogen-bond acceptors (Lipinski definition) is 4. The van der Waals surface area contributed by atoms with Gasteiger partial charge in [0.2, 0.25) is 11.8 Å². The second-order valence-corrected chi connectivity index (χ2v) is 3.51. The summed E-state index contributed by atoms with van der Waals surface area (Å²) in [4.78, 5) is 27.0. The van der Waals surface area contributed by atoms with E-state index in [0.29, 0.717) is 0 Å². The van der Waals surface area contributed by atoms with Gasteiger partial charge in [0, 0.05) is 7.05 Å². The molecule has 0 spiro atoms. The maximum absolute atomic E-state index is 11.4. The van der Waals surface area contributed by atoms with Crippen LogP contribution in [0.25, 0.3) is 0 Å². The molecule has 0 bridgehead atoms. The number of benzene rings is 1. The van der Waals surface area contributed by atoms with Gasteiger partial charge in [-0.3, -0.25) is 14.4 Å². The fourth-order valence-electron chi connectivity index (χ4n) is 1.22. The van der Waals surface area contributed by atoms with Crippen LogP contribution >= 0.6 is 0 Å². The molecule has 0 radical (unpaired) electrons. The van der Waals surface area contributed by atoms with E-state index in [2.05, 4.69) is 10.8 Å². The molecule has 2 N–H and O–H groups in total. The number of nitrogens with one attached hydrogen (secondary N) is 2. The molecule has 0 fully saturated rings. The Labute approximate surface area is 105 Å². The lowest BCUT2D eigenvalue weighted by atomic mass is 10.1. The number of amides is 2. The lowest BCUT2D eigenvalue weighted by Crippen LogP contribution is -2.31. The van der Waals surface area contributed by atoms with Gasteiger partial charge in [0.05, 0.1) is 13.5 Å². The third-order valence-electron chi connectivity index (χ3n) is 2.19. The van der Waals surface area contributed by atoms with Crippen molar-refractivity contribution in [1.29, 1.82) is 0 Å². The maximum Gasteiger partial charge on any atom is 0.248 e. The Balaban J connectivity index is 2.32. The van der Waals surface area contributed by atoms with Crippen LogP contribution in [0.15, 0.2) is 24.3 Å². The topological polar surface area (TPSA) is 76.7 Å². The van der Waals surface area contributed by atoms with Gasteiger partial charge in [0.15, 0.2) is 6.61 Å². The third kappa shape index (κ3) is 4.84. The van der Waals surface area contributed by atoms with Gasteiger partial charge in [-0.1, -0.05) is 12.1 Å². The molecule has 2 amide bonds. The second-order valence-electron chi connectivity index (χ2n) is 3.51. The summed E-state index contributed by atoms with van der Waals surface area (Å²) in [5.74, 6) is 0.110. The van der Waals surface area contributed by atoms with Crippen LogP contribution in [0.5, 0.6) is 5.75 Å². The van der Waals surface area contributed by atoms with Gasteiger partial charge in [0.25, 0.3) is 0 Å². The Hall–Kier alpha value is -2.08. The van der Waals surface area contributed by atoms with E-state index in [1.165, 1.54) is 7.05 Å². The smallest absolute Gasteiger partial charge is 0.248 e. The molecule has 0 aliphatic heterocycles. The van der Waals surface area contributed by atoms with Crippen molar-refractivity contribution in [3.8, 4) is 5.75 Å². The first-order valence-electron chi connectivity index (χ1n) is 5.40. The predicted molar refractivity (Wildman–Crippen MR) is 64.9 cm³/mol. The van der Waals surface area contributed by atoms with Gasteiger partial charge in [-0.2, -0.15) is 0 Å². The SMILES string of the molecule is CNC(=O)CONC(=O)Cc1ccc(OC)cc1. The molecule has 6 heteroatoms. The van der Waals surface area contributed by atoms with Crippen molar-refractivity contribution in [3.05, 3.63) is 29.8 Å². The van der Waals surface area contributed by atoms with E-state index in [9.17, 15) is 9.59 Å². The van der Waals surface area contributed by atoms with Crippen molar-refractivity contribution >= 4 is 11.8 Å². The average Bonchev–Trinajstić information content (AvgIpc) is 2.39. The first kappa shape index (κ1) is 14.0. The van der Waals surface area contributed by atoms with Crippen LogP contribution in [0.1, 0.15) is 5.56 Å². The molecule has 0 saturated carbocycles. The largest absolute Gasteiger partial charge is 0.497 e. The second kappa shape index (κ2) is 7.29. The van der Waals surface area contributed by atoms with Crippen LogP contribution in [-0.2, 0) is 20.8 Å². The van der Waals surface area contributed by atoms with Crippen molar-refractivity contribution in [2.24, 2.45) is 0 Å². The number of hydrogen-bond donors (Lipinski definition) is 2. The number of carbonyl (C=O) groups is 2. The molecule has 0 aliphatic carbocycles. The average molecular weight is 252 g/mol. The molecule has 1 aromatic carbocycles. The summed E-state index contributed by atoms with van der Waals surface area (Å²) in [6, 6.07) is 7.12. The Bertz CT molecular complexity index is 403. The highest BCUT2D eigenvalue weighted by Crippen LogP contribution is 2.11. The number of carbonyl (C=O) groups excluding carboxylic acids is 2. The molecule has 6 nitrogen and oxygen atoms in total. The van der Waals surface area contributed by atoms with E-state index in [4.69, 9.17) is 9.57 Å². The third-order valence-corrected chi connectivity index (χ3v) is 2.19. The summed E-state index contributed by atoms with van der Waals surface area (Å²) in [5, 5.41) is 2.37. The van der Waals surface area contributed by atoms with E-state index in [1.807, 2.05) is 0 Å². The lowest BCUT2D eigenvalue weighted by molar-refractivity contribution is -0.138. The maximum atomic E-state index is 11.4. The highest BCUT2D eigenvalue weighted by atomic mass is 16.7. The zero-order valence-corrected chi connectivity index (χ0v) is 10.4. The summed E-state index contributed by atoms with van der Waals surface area (Å²) in [6.07, 6.45) is 0.178. The van der Waals surface area contributed by atoms with Gasteiger partial charge in [-0.15, -0.1) is 0 Å². The number of ether oxygens (including phenoxy) is 1. The van der Waals surface area contributed by atoms with Gasteiger partial charge < -0.3 is 10.1 Å². The van der Waals surface area contributed by atoms with Crippen molar-refractivity contribution in [1.82, 2.24) is 10.8 Å². The van der Waals surface area contributed by atoms with E-state index in [-0.39, 0.29) is 24.8 Å². The van der Waals surface area contributed by atoms with Crippen molar-refractivity contribution in [2.45, 2.75) is 6.42 Å². The molecule has 0 aromatic heterocycles. The summed E-state index contributed by atoms with van der Waals surface area (Å²) in [5.41, 5.74) is 3.02. The van der Waals surface area contributed by atoms with Crippen molar-refractivity contribution in [3.63, 3.8) is 0 Å². The van der Waals surface area contributed by atoms with Crippen molar-refractivity contribution in [2.75, 3.05) is 20.8 Å². The van der Waals surface area contributed by atoms with Crippen molar-refractivity contribution < 1.29 is 19.2 Å². The van der Waals surface area contributed by atoms with Gasteiger partial charge in [0.1, 0.15) is 5.75 Å². The van der Waals surface area contributed by atoms with Crippen LogP contribution in [0, 0.1) is 0 Å². The summed E-state index contributed by atoms with van der Waals surface area (Å²) in [7, 11) is 3.07. The van der Waals surface area contributed by atoms with Gasteiger partial charge >= 0.3 is 0 Å². The zero-order valence-electron chi connectivity index (χ0n) is 10.4. The predicted octanol–water partition coefficient (Wildman–Crippen LogP) is 0.0315. The van der Waals surface area contributed by atoms with E-state index in [0.717, 1.165) is 11.3 Å². The zero-order chi connectivity index (χ0) is 13.4. The van der Waals surface area contributed by atoms with Crippen LogP contribution in [0.4, 0.5) is 0 Å². The molecule has 0 aliphatic rings. The van der Waals surface area contributed by atoms with E-state index >= 15 is 0 Å². The lowest BCUT2D eigenvalue weighted by Gasteiger charge is -2.06. The molecule has 0 unspecified atom stereocenters. The molecular weight excluding hydrogens is 236 g/mol. The quantitative estimate of drug-likeness (QED) is 0.700. The van der Waals surface area contributed by atoms with Crippen LogP contribution in [0.3, 0.4) is 0 Å². The highest BCUT2D eigenvalue weighted by molar-refractivity contribution is 5.79. The fraction of sp³-hybridized carbons (Fsp3) is 0.333. The minimum absolute atomic E-state index is 0.178. The monoisotopic (exact) mass is 252 g/mol. The highest BCUT2D eigenvalue weighted by Gasteiger charge is 2.05. The van der Waals surface area contributed by atoms with Crippen LogP contribution in [0.2, 0.25) is 0 Å². The first-order valence-corrected chi connectivity index (χ1v) is 5.40. The van der Waals surface area contributed by atoms with Gasteiger partial charge in [-0.05, 0) is 17.7 Å². The normalized spacial score (nSPS) is 9.67. The number of likely N-dealkylation sites (N-methyl/N-ethyl adjacent to an activating group) is 1. The number of hydroxylamine groups is 1. The minimum atomic E-state index is -0.316. The number of methoxy groups -OCH3 is 1. The minimum Gasteiger partial charge on any atom is -0.497 e. The molecule has 18 heavy (non-hydrogen) atoms. The van der Waals surface area contributed by atoms with E-state index < -0.39 is 0 Å². The number of rotatable bonds is 6. The summed E-state index contributed by atoms with van der Waals surface area (Å²) in [6.45, 7) is -0.204.